The fourth-order valence-electron chi connectivity index (χ4n) is 3.25. The number of carbonyl (C=O) groups is 2. The number of ether oxygens (including phenoxy) is 3. The third-order valence-corrected chi connectivity index (χ3v) is 5.75. The van der Waals surface area contributed by atoms with Crippen LogP contribution in [0.2, 0.25) is 0 Å². The first-order valence-corrected chi connectivity index (χ1v) is 10.2. The zero-order valence-corrected chi connectivity index (χ0v) is 18.3. The minimum Gasteiger partial charge on any atom is -0.493 e. The molecular formula is C21H25N3O5S. The Labute approximate surface area is 179 Å². The van der Waals surface area contributed by atoms with Crippen LogP contribution in [0.5, 0.6) is 11.5 Å². The summed E-state index contributed by atoms with van der Waals surface area (Å²) in [4.78, 5) is 27.4. The normalized spacial score (nSPS) is 15.7. The number of benzene rings is 1. The molecule has 1 atom stereocenters. The quantitative estimate of drug-likeness (QED) is 0.642. The molecule has 160 valence electrons. The topological polar surface area (TPSA) is 80.7 Å². The Morgan fingerprint density at radius 3 is 2.60 bits per heavy atom. The highest BCUT2D eigenvalue weighted by Gasteiger charge is 2.34. The number of thiophene rings is 1. The van der Waals surface area contributed by atoms with Crippen molar-refractivity contribution in [1.29, 1.82) is 0 Å². The van der Waals surface area contributed by atoms with Gasteiger partial charge in [0, 0.05) is 20.6 Å². The molecule has 30 heavy (non-hydrogen) atoms. The average molecular weight is 432 g/mol. The third-order valence-electron chi connectivity index (χ3n) is 4.83. The summed E-state index contributed by atoms with van der Waals surface area (Å²) < 4.78 is 15.6. The van der Waals surface area contributed by atoms with Gasteiger partial charge in [-0.3, -0.25) is 9.59 Å². The molecule has 1 aromatic carbocycles. The molecule has 2 aromatic rings. The lowest BCUT2D eigenvalue weighted by molar-refractivity contribution is -0.142. The second-order valence-corrected chi connectivity index (χ2v) is 7.73. The van der Waals surface area contributed by atoms with Crippen molar-refractivity contribution in [3.05, 3.63) is 46.2 Å². The zero-order valence-electron chi connectivity index (χ0n) is 17.5. The van der Waals surface area contributed by atoms with E-state index in [0.29, 0.717) is 17.9 Å². The third kappa shape index (κ3) is 4.63. The van der Waals surface area contributed by atoms with Crippen LogP contribution in [0.15, 0.2) is 40.8 Å². The van der Waals surface area contributed by atoms with Crippen molar-refractivity contribution >= 4 is 28.9 Å². The number of likely N-dealkylation sites (N-methyl/N-ethyl adjacent to an activating group) is 1. The Balaban J connectivity index is 1.89. The Morgan fingerprint density at radius 1 is 1.20 bits per heavy atom. The summed E-state index contributed by atoms with van der Waals surface area (Å²) in [5.41, 5.74) is 1.71. The zero-order chi connectivity index (χ0) is 21.7. The first-order valence-electron chi connectivity index (χ1n) is 9.36. The van der Waals surface area contributed by atoms with Gasteiger partial charge in [0.2, 0.25) is 5.91 Å². The molecule has 1 aliphatic heterocycles. The summed E-state index contributed by atoms with van der Waals surface area (Å²) in [6, 6.07) is 9.21. The van der Waals surface area contributed by atoms with Crippen LogP contribution in [-0.4, -0.2) is 69.0 Å². The number of nitrogens with zero attached hydrogens (tertiary/aromatic N) is 3. The van der Waals surface area contributed by atoms with Crippen molar-refractivity contribution in [2.24, 2.45) is 5.10 Å². The largest absolute Gasteiger partial charge is 0.493 e. The summed E-state index contributed by atoms with van der Waals surface area (Å²) in [7, 11) is 6.17. The van der Waals surface area contributed by atoms with Crippen molar-refractivity contribution in [3.8, 4) is 11.5 Å². The van der Waals surface area contributed by atoms with Crippen LogP contribution in [0, 0.1) is 0 Å². The SMILES string of the molecule is COCC(=O)N(C)CC(=O)N1N=C(c2cccs2)C[C@@H]1c1ccc(OC)c(OC)c1. The van der Waals surface area contributed by atoms with Crippen LogP contribution in [0.3, 0.4) is 0 Å². The summed E-state index contributed by atoms with van der Waals surface area (Å²) >= 11 is 1.58. The highest BCUT2D eigenvalue weighted by molar-refractivity contribution is 7.12. The van der Waals surface area contributed by atoms with E-state index >= 15 is 0 Å². The standard InChI is InChI=1S/C21H25N3O5S/c1-23(21(26)13-27-2)12-20(25)24-16(11-15(22-24)19-6-5-9-30-19)14-7-8-17(28-3)18(10-14)29-4/h5-10,16H,11-13H2,1-4H3/t16-/m1/s1. The molecular weight excluding hydrogens is 406 g/mol. The summed E-state index contributed by atoms with van der Waals surface area (Å²) in [6.45, 7) is -0.167. The lowest BCUT2D eigenvalue weighted by Crippen LogP contribution is -2.40. The number of hydrazone groups is 1. The predicted octanol–water partition coefficient (Wildman–Crippen LogP) is 2.55. The molecule has 0 radical (unpaired) electrons. The van der Waals surface area contributed by atoms with Gasteiger partial charge in [-0.05, 0) is 29.1 Å². The maximum Gasteiger partial charge on any atom is 0.262 e. The van der Waals surface area contributed by atoms with E-state index in [9.17, 15) is 9.59 Å². The fraction of sp³-hybridized carbons (Fsp3) is 0.381. The number of hydrogen-bond donors (Lipinski definition) is 0. The highest BCUT2D eigenvalue weighted by Crippen LogP contribution is 2.37. The summed E-state index contributed by atoms with van der Waals surface area (Å²) in [5, 5.41) is 8.06. The molecule has 9 heteroatoms. The molecule has 1 aromatic heterocycles. The number of carbonyl (C=O) groups excluding carboxylic acids is 2. The van der Waals surface area contributed by atoms with Crippen LogP contribution in [0.25, 0.3) is 0 Å². The fourth-order valence-corrected chi connectivity index (χ4v) is 3.97. The van der Waals surface area contributed by atoms with Gasteiger partial charge in [-0.2, -0.15) is 5.10 Å². The lowest BCUT2D eigenvalue weighted by atomic mass is 10.0. The Hall–Kier alpha value is -2.91. The molecule has 2 heterocycles. The molecule has 0 bridgehead atoms. The molecule has 3 rings (SSSR count). The van der Waals surface area contributed by atoms with Gasteiger partial charge < -0.3 is 19.1 Å². The van der Waals surface area contributed by atoms with Crippen LogP contribution in [0.4, 0.5) is 0 Å². The molecule has 0 spiro atoms. The van der Waals surface area contributed by atoms with Gasteiger partial charge in [-0.25, -0.2) is 5.01 Å². The molecule has 0 unspecified atom stereocenters. The van der Waals surface area contributed by atoms with E-state index in [4.69, 9.17) is 14.2 Å². The average Bonchev–Trinajstić information content (AvgIpc) is 3.43. The number of methoxy groups -OCH3 is 3. The minimum atomic E-state index is -0.305. The highest BCUT2D eigenvalue weighted by atomic mass is 32.1. The Morgan fingerprint density at radius 2 is 1.97 bits per heavy atom. The van der Waals surface area contributed by atoms with E-state index in [0.717, 1.165) is 16.2 Å². The first-order chi connectivity index (χ1) is 14.5. The number of amides is 2. The van der Waals surface area contributed by atoms with E-state index < -0.39 is 0 Å². The predicted molar refractivity (Wildman–Crippen MR) is 114 cm³/mol. The van der Waals surface area contributed by atoms with Crippen molar-refractivity contribution in [2.45, 2.75) is 12.5 Å². The van der Waals surface area contributed by atoms with Crippen molar-refractivity contribution in [1.82, 2.24) is 9.91 Å². The van der Waals surface area contributed by atoms with Gasteiger partial charge in [-0.1, -0.05) is 12.1 Å². The van der Waals surface area contributed by atoms with Crippen molar-refractivity contribution in [2.75, 3.05) is 41.5 Å². The van der Waals surface area contributed by atoms with Crippen LogP contribution in [-0.2, 0) is 14.3 Å². The molecule has 8 nitrogen and oxygen atoms in total. The molecule has 0 saturated carbocycles. The maximum absolute atomic E-state index is 13.1. The van der Waals surface area contributed by atoms with Gasteiger partial charge in [0.25, 0.3) is 5.91 Å². The van der Waals surface area contributed by atoms with E-state index in [1.807, 2.05) is 35.7 Å². The van der Waals surface area contributed by atoms with Gasteiger partial charge in [0.15, 0.2) is 11.5 Å². The molecule has 1 aliphatic rings. The summed E-state index contributed by atoms with van der Waals surface area (Å²) in [6.07, 6.45) is 0.567. The smallest absolute Gasteiger partial charge is 0.262 e. The maximum atomic E-state index is 13.1. The van der Waals surface area contributed by atoms with Gasteiger partial charge in [0.1, 0.15) is 13.2 Å². The summed E-state index contributed by atoms with van der Waals surface area (Å²) in [5.74, 6) is 0.657. The van der Waals surface area contributed by atoms with E-state index in [2.05, 4.69) is 5.10 Å². The monoisotopic (exact) mass is 431 g/mol. The molecule has 2 amide bonds. The molecule has 0 fully saturated rings. The Kier molecular flexibility index (Phi) is 7.07. The molecule has 0 saturated heterocycles. The lowest BCUT2D eigenvalue weighted by Gasteiger charge is -2.25. The van der Waals surface area contributed by atoms with E-state index in [1.54, 1.807) is 32.6 Å². The van der Waals surface area contributed by atoms with Gasteiger partial charge >= 0.3 is 0 Å². The van der Waals surface area contributed by atoms with E-state index in [-0.39, 0.29) is 31.0 Å². The second kappa shape index (κ2) is 9.73. The van der Waals surface area contributed by atoms with Crippen LogP contribution >= 0.6 is 11.3 Å². The second-order valence-electron chi connectivity index (χ2n) is 6.78. The van der Waals surface area contributed by atoms with Crippen LogP contribution < -0.4 is 9.47 Å². The van der Waals surface area contributed by atoms with Crippen molar-refractivity contribution in [3.63, 3.8) is 0 Å². The number of hydrogen-bond acceptors (Lipinski definition) is 7. The molecule has 0 aliphatic carbocycles. The number of rotatable bonds is 8. The van der Waals surface area contributed by atoms with Crippen molar-refractivity contribution < 1.29 is 23.8 Å². The first kappa shape index (κ1) is 21.8. The Bertz CT molecular complexity index is 929. The minimum absolute atomic E-state index is 0.0768. The van der Waals surface area contributed by atoms with Gasteiger partial charge in [0.05, 0.1) is 30.9 Å². The van der Waals surface area contributed by atoms with Crippen LogP contribution in [0.1, 0.15) is 22.9 Å². The molecule has 0 N–H and O–H groups in total. The van der Waals surface area contributed by atoms with E-state index in [1.165, 1.54) is 17.0 Å². The van der Waals surface area contributed by atoms with Gasteiger partial charge in [-0.15, -0.1) is 11.3 Å².